The van der Waals surface area contributed by atoms with Crippen LogP contribution in [0.1, 0.15) is 25.1 Å². The van der Waals surface area contributed by atoms with Crippen molar-refractivity contribution in [3.63, 3.8) is 0 Å². The second-order valence-electron chi connectivity index (χ2n) is 4.85. The molecule has 0 fully saturated rings. The number of fused-ring (bicyclic) bond motifs is 1. The molecule has 112 valence electrons. The molecule has 6 heteroatoms. The third-order valence-electron chi connectivity index (χ3n) is 3.05. The molecule has 2 rings (SSSR count). The Morgan fingerprint density at radius 3 is 2.90 bits per heavy atom. The van der Waals surface area contributed by atoms with E-state index < -0.39 is 12.0 Å². The van der Waals surface area contributed by atoms with Crippen molar-refractivity contribution in [3.8, 4) is 0 Å². The monoisotopic (exact) mass is 290 g/mol. The Labute approximate surface area is 122 Å². The van der Waals surface area contributed by atoms with Gasteiger partial charge in [0.05, 0.1) is 13.0 Å². The second kappa shape index (κ2) is 6.39. The van der Waals surface area contributed by atoms with Crippen LogP contribution in [0.25, 0.3) is 11.0 Å². The van der Waals surface area contributed by atoms with E-state index in [9.17, 15) is 9.59 Å². The molecule has 0 aliphatic rings. The van der Waals surface area contributed by atoms with Gasteiger partial charge in [-0.3, -0.25) is 4.79 Å². The molecule has 0 aliphatic carbocycles. The Kier molecular flexibility index (Phi) is 4.57. The molecule has 1 aromatic heterocycles. The molecule has 0 radical (unpaired) electrons. The van der Waals surface area contributed by atoms with Gasteiger partial charge in [0, 0.05) is 5.39 Å². The lowest BCUT2D eigenvalue weighted by Gasteiger charge is -2.11. The highest BCUT2D eigenvalue weighted by atomic mass is 16.5. The van der Waals surface area contributed by atoms with E-state index in [1.54, 1.807) is 13.8 Å². The fourth-order valence-electron chi connectivity index (χ4n) is 2.00. The fraction of sp³-hybridized carbons (Fsp3) is 0.400. The third kappa shape index (κ3) is 3.59. The maximum Gasteiger partial charge on any atom is 0.328 e. The number of carbonyl (C=O) groups is 2. The predicted octanol–water partition coefficient (Wildman–Crippen LogP) is 1.75. The Balaban J connectivity index is 2.04. The van der Waals surface area contributed by atoms with Gasteiger partial charge in [-0.1, -0.05) is 16.8 Å². The maximum absolute atomic E-state index is 12.0. The van der Waals surface area contributed by atoms with Gasteiger partial charge in [-0.2, -0.15) is 0 Å². The molecule has 0 saturated carbocycles. The molecule has 1 amide bonds. The van der Waals surface area contributed by atoms with E-state index >= 15 is 0 Å². The summed E-state index contributed by atoms with van der Waals surface area (Å²) in [5.74, 6) is -0.751. The number of esters is 1. The van der Waals surface area contributed by atoms with Gasteiger partial charge in [0.1, 0.15) is 11.7 Å². The number of ether oxygens (including phenoxy) is 1. The zero-order valence-electron chi connectivity index (χ0n) is 12.3. The Hall–Kier alpha value is -2.37. The maximum atomic E-state index is 12.0. The zero-order chi connectivity index (χ0) is 15.4. The number of carbonyl (C=O) groups excluding carboxylic acids is 2. The van der Waals surface area contributed by atoms with Gasteiger partial charge in [-0.15, -0.1) is 0 Å². The van der Waals surface area contributed by atoms with Crippen LogP contribution >= 0.6 is 0 Å². The molecule has 1 N–H and O–H groups in total. The highest BCUT2D eigenvalue weighted by Crippen LogP contribution is 2.20. The molecule has 21 heavy (non-hydrogen) atoms. The SMILES string of the molecule is CCOC(=O)C(C)NC(=O)Cc1noc2ccc(C)cc12. The summed E-state index contributed by atoms with van der Waals surface area (Å²) in [4.78, 5) is 23.4. The number of hydrogen-bond donors (Lipinski definition) is 1. The standard InChI is InChI=1S/C15H18N2O4/c1-4-20-15(19)10(3)16-14(18)8-12-11-7-9(2)5-6-13(11)21-17-12/h5-7,10H,4,8H2,1-3H3,(H,16,18). The largest absolute Gasteiger partial charge is 0.464 e. The molecule has 0 spiro atoms. The highest BCUT2D eigenvalue weighted by Gasteiger charge is 2.18. The molecule has 1 heterocycles. The molecule has 0 bridgehead atoms. The molecule has 1 atom stereocenters. The van der Waals surface area contributed by atoms with E-state index in [1.165, 1.54) is 0 Å². The quantitative estimate of drug-likeness (QED) is 0.848. The van der Waals surface area contributed by atoms with Crippen molar-refractivity contribution in [2.45, 2.75) is 33.2 Å². The number of nitrogens with one attached hydrogen (secondary N) is 1. The van der Waals surface area contributed by atoms with Crippen molar-refractivity contribution in [3.05, 3.63) is 29.5 Å². The van der Waals surface area contributed by atoms with Crippen LogP contribution in [0.3, 0.4) is 0 Å². The minimum atomic E-state index is -0.683. The minimum absolute atomic E-state index is 0.0558. The van der Waals surface area contributed by atoms with Crippen LogP contribution in [0.2, 0.25) is 0 Å². The summed E-state index contributed by atoms with van der Waals surface area (Å²) in [6.07, 6.45) is 0.0558. The molecule has 2 aromatic rings. The van der Waals surface area contributed by atoms with Crippen molar-refractivity contribution < 1.29 is 18.8 Å². The summed E-state index contributed by atoms with van der Waals surface area (Å²) in [6, 6.07) is 4.97. The van der Waals surface area contributed by atoms with Crippen LogP contribution < -0.4 is 5.32 Å². The lowest BCUT2D eigenvalue weighted by Crippen LogP contribution is -2.40. The number of amides is 1. The number of aromatic nitrogens is 1. The molecule has 1 aromatic carbocycles. The van der Waals surface area contributed by atoms with Crippen molar-refractivity contribution in [2.75, 3.05) is 6.61 Å². The summed E-state index contributed by atoms with van der Waals surface area (Å²) in [5.41, 5.74) is 2.26. The number of benzene rings is 1. The van der Waals surface area contributed by atoms with E-state index in [1.807, 2.05) is 25.1 Å². The second-order valence-corrected chi connectivity index (χ2v) is 4.85. The fourth-order valence-corrected chi connectivity index (χ4v) is 2.00. The number of nitrogens with zero attached hydrogens (tertiary/aromatic N) is 1. The summed E-state index contributed by atoms with van der Waals surface area (Å²) < 4.78 is 10.0. The van der Waals surface area contributed by atoms with Crippen LogP contribution in [-0.2, 0) is 20.7 Å². The first kappa shape index (κ1) is 15.0. The van der Waals surface area contributed by atoms with E-state index in [0.29, 0.717) is 11.3 Å². The third-order valence-corrected chi connectivity index (χ3v) is 3.05. The minimum Gasteiger partial charge on any atom is -0.464 e. The molecule has 0 saturated heterocycles. The van der Waals surface area contributed by atoms with E-state index in [2.05, 4.69) is 10.5 Å². The Morgan fingerprint density at radius 2 is 2.19 bits per heavy atom. The van der Waals surface area contributed by atoms with Gasteiger partial charge in [0.15, 0.2) is 5.58 Å². The van der Waals surface area contributed by atoms with E-state index in [-0.39, 0.29) is 18.9 Å². The molecule has 6 nitrogen and oxygen atoms in total. The van der Waals surface area contributed by atoms with Gasteiger partial charge in [0.25, 0.3) is 0 Å². The summed E-state index contributed by atoms with van der Waals surface area (Å²) in [6.45, 7) is 5.54. The Morgan fingerprint density at radius 1 is 1.43 bits per heavy atom. The smallest absolute Gasteiger partial charge is 0.328 e. The first-order valence-electron chi connectivity index (χ1n) is 6.82. The topological polar surface area (TPSA) is 81.4 Å². The van der Waals surface area contributed by atoms with Crippen LogP contribution in [0, 0.1) is 6.92 Å². The predicted molar refractivity (Wildman–Crippen MR) is 76.7 cm³/mol. The van der Waals surface area contributed by atoms with Crippen LogP contribution in [0.4, 0.5) is 0 Å². The average Bonchev–Trinajstić information content (AvgIpc) is 2.81. The molecular weight excluding hydrogens is 272 g/mol. The lowest BCUT2D eigenvalue weighted by molar-refractivity contribution is -0.146. The molecular formula is C15H18N2O4. The van der Waals surface area contributed by atoms with Gasteiger partial charge in [-0.05, 0) is 32.9 Å². The van der Waals surface area contributed by atoms with Gasteiger partial charge in [0.2, 0.25) is 5.91 Å². The van der Waals surface area contributed by atoms with Crippen molar-refractivity contribution in [1.82, 2.24) is 10.5 Å². The normalized spacial score (nSPS) is 12.1. The first-order valence-corrected chi connectivity index (χ1v) is 6.82. The van der Waals surface area contributed by atoms with Crippen molar-refractivity contribution in [2.24, 2.45) is 0 Å². The van der Waals surface area contributed by atoms with Gasteiger partial charge >= 0.3 is 5.97 Å². The summed E-state index contributed by atoms with van der Waals surface area (Å²) in [7, 11) is 0. The number of hydrogen-bond acceptors (Lipinski definition) is 5. The van der Waals surface area contributed by atoms with Crippen LogP contribution in [0.5, 0.6) is 0 Å². The highest BCUT2D eigenvalue weighted by molar-refractivity contribution is 5.89. The van der Waals surface area contributed by atoms with Crippen molar-refractivity contribution in [1.29, 1.82) is 0 Å². The van der Waals surface area contributed by atoms with Crippen LogP contribution in [0.15, 0.2) is 22.7 Å². The van der Waals surface area contributed by atoms with Gasteiger partial charge < -0.3 is 14.6 Å². The summed E-state index contributed by atoms with van der Waals surface area (Å²) in [5, 5.41) is 7.31. The van der Waals surface area contributed by atoms with E-state index in [0.717, 1.165) is 10.9 Å². The number of aryl methyl sites for hydroxylation is 1. The zero-order valence-corrected chi connectivity index (χ0v) is 12.3. The van der Waals surface area contributed by atoms with Gasteiger partial charge in [-0.25, -0.2) is 4.79 Å². The van der Waals surface area contributed by atoms with Crippen molar-refractivity contribution >= 4 is 22.8 Å². The Bertz CT molecular complexity index is 663. The lowest BCUT2D eigenvalue weighted by atomic mass is 10.1. The van der Waals surface area contributed by atoms with Crippen LogP contribution in [-0.4, -0.2) is 29.7 Å². The van der Waals surface area contributed by atoms with E-state index in [4.69, 9.17) is 9.26 Å². The summed E-state index contributed by atoms with van der Waals surface area (Å²) >= 11 is 0. The average molecular weight is 290 g/mol. The first-order chi connectivity index (χ1) is 10.0. The molecule has 1 unspecified atom stereocenters. The molecule has 0 aliphatic heterocycles. The number of rotatable bonds is 5.